The summed E-state index contributed by atoms with van der Waals surface area (Å²) in [5, 5.41) is 12.0. The van der Waals surface area contributed by atoms with Gasteiger partial charge in [-0.05, 0) is 47.5 Å². The quantitative estimate of drug-likeness (QED) is 0.493. The minimum atomic E-state index is -0.297. The molecular formula is C22H20ClN5O2. The maximum atomic E-state index is 12.9. The molecule has 2 aromatic carbocycles. The van der Waals surface area contributed by atoms with Crippen molar-refractivity contribution in [2.75, 3.05) is 7.11 Å². The first-order valence-corrected chi connectivity index (χ1v) is 9.74. The van der Waals surface area contributed by atoms with Gasteiger partial charge in [-0.2, -0.15) is 0 Å². The number of rotatable bonds is 7. The molecule has 1 amide bonds. The van der Waals surface area contributed by atoms with Crippen LogP contribution in [0.3, 0.4) is 0 Å². The Kier molecular flexibility index (Phi) is 5.81. The monoisotopic (exact) mass is 421 g/mol. The fourth-order valence-electron chi connectivity index (χ4n) is 3.06. The molecule has 4 rings (SSSR count). The number of carbonyl (C=O) groups is 1. The number of aromatic nitrogens is 4. The number of amides is 1. The second-order valence-electron chi connectivity index (χ2n) is 6.67. The third-order valence-corrected chi connectivity index (χ3v) is 4.88. The van der Waals surface area contributed by atoms with E-state index in [0.717, 1.165) is 16.9 Å². The molecule has 0 aliphatic rings. The van der Waals surface area contributed by atoms with E-state index in [-0.39, 0.29) is 11.6 Å². The van der Waals surface area contributed by atoms with Crippen LogP contribution >= 0.6 is 11.6 Å². The lowest BCUT2D eigenvalue weighted by Crippen LogP contribution is -2.25. The number of benzene rings is 2. The number of halogens is 1. The van der Waals surface area contributed by atoms with Gasteiger partial charge in [0.15, 0.2) is 11.5 Å². The Balaban J connectivity index is 1.58. The Morgan fingerprint density at radius 1 is 1.03 bits per heavy atom. The zero-order valence-corrected chi connectivity index (χ0v) is 17.1. The molecule has 0 aliphatic carbocycles. The third-order valence-electron chi connectivity index (χ3n) is 4.63. The standard InChI is InChI=1S/C22H20ClN5O2/c1-30-19-10-6-17(7-11-19)15-28-22(27-12-2-3-13-27)20(25-26-28)21(29)24-14-16-4-8-18(23)9-5-16/h2-13H,14-15H2,1H3,(H,24,29). The number of hydrogen-bond acceptors (Lipinski definition) is 4. The van der Waals surface area contributed by atoms with Gasteiger partial charge in [-0.25, -0.2) is 4.68 Å². The van der Waals surface area contributed by atoms with Crippen LogP contribution in [0.4, 0.5) is 0 Å². The minimum Gasteiger partial charge on any atom is -0.497 e. The van der Waals surface area contributed by atoms with Gasteiger partial charge in [-0.1, -0.05) is 41.1 Å². The maximum Gasteiger partial charge on any atom is 0.276 e. The molecule has 0 spiro atoms. The minimum absolute atomic E-state index is 0.258. The highest BCUT2D eigenvalue weighted by molar-refractivity contribution is 6.30. The van der Waals surface area contributed by atoms with Crippen molar-refractivity contribution >= 4 is 17.5 Å². The molecular weight excluding hydrogens is 402 g/mol. The zero-order chi connectivity index (χ0) is 20.9. The molecule has 0 radical (unpaired) electrons. The van der Waals surface area contributed by atoms with Crippen LogP contribution in [-0.4, -0.2) is 32.6 Å². The van der Waals surface area contributed by atoms with E-state index in [2.05, 4.69) is 15.6 Å². The highest BCUT2D eigenvalue weighted by Crippen LogP contribution is 2.17. The first-order valence-electron chi connectivity index (χ1n) is 9.36. The fourth-order valence-corrected chi connectivity index (χ4v) is 3.19. The molecule has 2 heterocycles. The van der Waals surface area contributed by atoms with Crippen molar-refractivity contribution in [2.24, 2.45) is 0 Å². The fraction of sp³-hybridized carbons (Fsp3) is 0.136. The number of nitrogens with one attached hydrogen (secondary N) is 1. The molecule has 30 heavy (non-hydrogen) atoms. The first-order chi connectivity index (χ1) is 14.6. The molecule has 0 saturated heterocycles. The van der Waals surface area contributed by atoms with Crippen LogP contribution in [0.25, 0.3) is 5.82 Å². The van der Waals surface area contributed by atoms with Gasteiger partial charge in [0.05, 0.1) is 13.7 Å². The molecule has 2 aromatic heterocycles. The predicted octanol–water partition coefficient (Wildman–Crippen LogP) is 3.71. The van der Waals surface area contributed by atoms with E-state index in [1.165, 1.54) is 0 Å². The van der Waals surface area contributed by atoms with Crippen molar-refractivity contribution in [3.05, 3.63) is 94.9 Å². The van der Waals surface area contributed by atoms with Gasteiger partial charge in [0.2, 0.25) is 0 Å². The Morgan fingerprint density at radius 2 is 1.70 bits per heavy atom. The van der Waals surface area contributed by atoms with E-state index in [1.54, 1.807) is 23.9 Å². The van der Waals surface area contributed by atoms with E-state index in [1.807, 2.05) is 65.5 Å². The van der Waals surface area contributed by atoms with Crippen molar-refractivity contribution in [1.82, 2.24) is 24.9 Å². The highest BCUT2D eigenvalue weighted by atomic mass is 35.5. The van der Waals surface area contributed by atoms with Crippen molar-refractivity contribution in [2.45, 2.75) is 13.1 Å². The molecule has 0 saturated carbocycles. The largest absolute Gasteiger partial charge is 0.497 e. The number of ether oxygens (including phenoxy) is 1. The molecule has 0 fully saturated rings. The average Bonchev–Trinajstić information content (AvgIpc) is 3.43. The van der Waals surface area contributed by atoms with Gasteiger partial charge < -0.3 is 14.6 Å². The second-order valence-corrected chi connectivity index (χ2v) is 7.10. The van der Waals surface area contributed by atoms with E-state index < -0.39 is 0 Å². The Labute approximate surface area is 178 Å². The van der Waals surface area contributed by atoms with E-state index in [9.17, 15) is 4.79 Å². The number of carbonyl (C=O) groups excluding carboxylic acids is 1. The smallest absolute Gasteiger partial charge is 0.276 e. The van der Waals surface area contributed by atoms with Crippen molar-refractivity contribution in [3.63, 3.8) is 0 Å². The molecule has 0 unspecified atom stereocenters. The predicted molar refractivity (Wildman–Crippen MR) is 114 cm³/mol. The first kappa shape index (κ1) is 19.7. The van der Waals surface area contributed by atoms with Gasteiger partial charge in [-0.3, -0.25) is 4.79 Å². The van der Waals surface area contributed by atoms with Crippen LogP contribution in [0.1, 0.15) is 21.6 Å². The molecule has 4 aromatic rings. The van der Waals surface area contributed by atoms with Crippen LogP contribution in [0, 0.1) is 0 Å². The molecule has 8 heteroatoms. The third kappa shape index (κ3) is 4.36. The van der Waals surface area contributed by atoms with Crippen molar-refractivity contribution in [1.29, 1.82) is 0 Å². The van der Waals surface area contributed by atoms with Gasteiger partial charge in [-0.15, -0.1) is 5.10 Å². The summed E-state index contributed by atoms with van der Waals surface area (Å²) in [4.78, 5) is 12.9. The van der Waals surface area contributed by atoms with Gasteiger partial charge >= 0.3 is 0 Å². The molecule has 1 N–H and O–H groups in total. The summed E-state index contributed by atoms with van der Waals surface area (Å²) in [5.41, 5.74) is 2.22. The van der Waals surface area contributed by atoms with Gasteiger partial charge in [0, 0.05) is 24.0 Å². The molecule has 152 valence electrons. The van der Waals surface area contributed by atoms with Crippen LogP contribution < -0.4 is 10.1 Å². The summed E-state index contributed by atoms with van der Waals surface area (Å²) in [6.07, 6.45) is 3.72. The summed E-state index contributed by atoms with van der Waals surface area (Å²) < 4.78 is 8.75. The topological polar surface area (TPSA) is 74.0 Å². The SMILES string of the molecule is COc1ccc(Cn2nnc(C(=O)NCc3ccc(Cl)cc3)c2-n2cccc2)cc1. The van der Waals surface area contributed by atoms with E-state index in [4.69, 9.17) is 16.3 Å². The molecule has 0 aliphatic heterocycles. The van der Waals surface area contributed by atoms with Crippen LogP contribution in [-0.2, 0) is 13.1 Å². The van der Waals surface area contributed by atoms with Gasteiger partial charge in [0.1, 0.15) is 5.75 Å². The lowest BCUT2D eigenvalue weighted by atomic mass is 10.2. The van der Waals surface area contributed by atoms with Crippen LogP contribution in [0.5, 0.6) is 5.75 Å². The second kappa shape index (κ2) is 8.84. The van der Waals surface area contributed by atoms with Crippen molar-refractivity contribution in [3.8, 4) is 11.6 Å². The van der Waals surface area contributed by atoms with Crippen molar-refractivity contribution < 1.29 is 9.53 Å². The summed E-state index contributed by atoms with van der Waals surface area (Å²) in [6.45, 7) is 0.835. The van der Waals surface area contributed by atoms with E-state index >= 15 is 0 Å². The summed E-state index contributed by atoms with van der Waals surface area (Å²) in [5.74, 6) is 1.09. The maximum absolute atomic E-state index is 12.9. The number of hydrogen-bond donors (Lipinski definition) is 1. The average molecular weight is 422 g/mol. The lowest BCUT2D eigenvalue weighted by Gasteiger charge is -2.10. The van der Waals surface area contributed by atoms with Gasteiger partial charge in [0.25, 0.3) is 5.91 Å². The van der Waals surface area contributed by atoms with Crippen LogP contribution in [0.15, 0.2) is 73.1 Å². The Morgan fingerprint density at radius 3 is 2.37 bits per heavy atom. The number of nitrogens with zero attached hydrogens (tertiary/aromatic N) is 4. The lowest BCUT2D eigenvalue weighted by molar-refractivity contribution is 0.0946. The Bertz CT molecular complexity index is 1120. The summed E-state index contributed by atoms with van der Waals surface area (Å²) in [7, 11) is 1.63. The van der Waals surface area contributed by atoms with Crippen LogP contribution in [0.2, 0.25) is 5.02 Å². The molecule has 7 nitrogen and oxygen atoms in total. The summed E-state index contributed by atoms with van der Waals surface area (Å²) in [6, 6.07) is 18.8. The normalized spacial score (nSPS) is 10.7. The summed E-state index contributed by atoms with van der Waals surface area (Å²) >= 11 is 5.92. The molecule has 0 bridgehead atoms. The molecule has 0 atom stereocenters. The zero-order valence-electron chi connectivity index (χ0n) is 16.3. The number of methoxy groups -OCH3 is 1. The van der Waals surface area contributed by atoms with E-state index in [0.29, 0.717) is 23.9 Å². The highest BCUT2D eigenvalue weighted by Gasteiger charge is 2.21. The Hall–Kier alpha value is -3.58.